The maximum absolute atomic E-state index is 12.8. The minimum atomic E-state index is -0.0438. The zero-order valence-electron chi connectivity index (χ0n) is 17.6. The maximum Gasteiger partial charge on any atom is 0.234 e. The molecule has 1 N–H and O–H groups in total. The number of benzene rings is 2. The number of fused-ring (bicyclic) bond motifs is 1. The Bertz CT molecular complexity index is 820. The van der Waals surface area contributed by atoms with Crippen LogP contribution in [0.25, 0.3) is 0 Å². The van der Waals surface area contributed by atoms with Crippen LogP contribution in [0.1, 0.15) is 37.9 Å². The third-order valence-corrected chi connectivity index (χ3v) is 5.12. The number of amides is 1. The Morgan fingerprint density at radius 2 is 1.86 bits per heavy atom. The van der Waals surface area contributed by atoms with E-state index in [0.717, 1.165) is 34.9 Å². The normalized spacial score (nSPS) is 13.6. The first-order chi connectivity index (χ1) is 14.0. The van der Waals surface area contributed by atoms with Crippen LogP contribution in [0, 0.1) is 5.92 Å². The number of hydrogen-bond acceptors (Lipinski definition) is 5. The highest BCUT2D eigenvalue weighted by Gasteiger charge is 2.20. The molecule has 0 aromatic heterocycles. The van der Waals surface area contributed by atoms with Gasteiger partial charge in [0.05, 0.1) is 19.7 Å². The molecule has 0 saturated carbocycles. The number of rotatable bonds is 9. The topological polar surface area (TPSA) is 60.0 Å². The Hall–Kier alpha value is -2.73. The quantitative estimate of drug-likeness (QED) is 0.697. The van der Waals surface area contributed by atoms with Crippen molar-refractivity contribution in [1.29, 1.82) is 0 Å². The van der Waals surface area contributed by atoms with Crippen molar-refractivity contribution in [3.05, 3.63) is 53.6 Å². The summed E-state index contributed by atoms with van der Waals surface area (Å²) in [4.78, 5) is 14.9. The molecule has 29 heavy (non-hydrogen) atoms. The molecule has 3 rings (SSSR count). The molecule has 0 aliphatic carbocycles. The molecule has 1 atom stereocenters. The molecule has 0 spiro atoms. The van der Waals surface area contributed by atoms with Crippen molar-refractivity contribution in [2.75, 3.05) is 27.0 Å². The summed E-state index contributed by atoms with van der Waals surface area (Å²) in [7, 11) is 1.65. The van der Waals surface area contributed by atoms with Crippen molar-refractivity contribution in [2.24, 2.45) is 5.92 Å². The van der Waals surface area contributed by atoms with Gasteiger partial charge in [0.1, 0.15) is 5.75 Å². The third-order valence-electron chi connectivity index (χ3n) is 5.12. The Kier molecular flexibility index (Phi) is 6.99. The van der Waals surface area contributed by atoms with Crippen LogP contribution in [0.5, 0.6) is 17.2 Å². The Balaban J connectivity index is 1.61. The van der Waals surface area contributed by atoms with Crippen molar-refractivity contribution < 1.29 is 19.0 Å². The van der Waals surface area contributed by atoms with Crippen LogP contribution in [-0.4, -0.2) is 37.8 Å². The predicted octanol–water partition coefficient (Wildman–Crippen LogP) is 3.76. The van der Waals surface area contributed by atoms with Crippen LogP contribution >= 0.6 is 0 Å². The molecule has 1 unspecified atom stereocenters. The lowest BCUT2D eigenvalue weighted by molar-refractivity contribution is -0.123. The average molecular weight is 399 g/mol. The zero-order chi connectivity index (χ0) is 20.8. The lowest BCUT2D eigenvalue weighted by Gasteiger charge is -2.26. The smallest absolute Gasteiger partial charge is 0.234 e. The van der Waals surface area contributed by atoms with Gasteiger partial charge in [0.25, 0.3) is 0 Å². The summed E-state index contributed by atoms with van der Waals surface area (Å²) in [6, 6.07) is 13.7. The van der Waals surface area contributed by atoms with Gasteiger partial charge in [0, 0.05) is 6.54 Å². The molecule has 0 saturated heterocycles. The van der Waals surface area contributed by atoms with Gasteiger partial charge in [-0.1, -0.05) is 39.0 Å². The van der Waals surface area contributed by atoms with Gasteiger partial charge in [-0.3, -0.25) is 9.69 Å². The van der Waals surface area contributed by atoms with E-state index >= 15 is 0 Å². The van der Waals surface area contributed by atoms with Gasteiger partial charge in [-0.2, -0.15) is 0 Å². The first kappa shape index (κ1) is 21.0. The molecule has 2 aromatic carbocycles. The highest BCUT2D eigenvalue weighted by molar-refractivity contribution is 5.78. The molecule has 1 heterocycles. The van der Waals surface area contributed by atoms with Gasteiger partial charge >= 0.3 is 0 Å². The maximum atomic E-state index is 12.8. The van der Waals surface area contributed by atoms with Crippen molar-refractivity contribution in [1.82, 2.24) is 10.2 Å². The molecular formula is C23H30N2O4. The van der Waals surface area contributed by atoms with Crippen molar-refractivity contribution in [3.63, 3.8) is 0 Å². The summed E-state index contributed by atoms with van der Waals surface area (Å²) < 4.78 is 16.0. The SMILES string of the molecule is CCN(CC(=O)NC(c1ccc(OC)cc1)C(C)C)Cc1ccc2c(c1)OCO2. The molecule has 1 aliphatic rings. The fourth-order valence-electron chi connectivity index (χ4n) is 3.45. The molecule has 0 radical (unpaired) electrons. The number of carbonyl (C=O) groups excluding carboxylic acids is 1. The average Bonchev–Trinajstić information content (AvgIpc) is 3.19. The van der Waals surface area contributed by atoms with E-state index in [4.69, 9.17) is 14.2 Å². The van der Waals surface area contributed by atoms with E-state index in [1.54, 1.807) is 7.11 Å². The van der Waals surface area contributed by atoms with Crippen LogP contribution in [-0.2, 0) is 11.3 Å². The fraction of sp³-hybridized carbons (Fsp3) is 0.435. The summed E-state index contributed by atoms with van der Waals surface area (Å²) in [6.45, 7) is 8.33. The van der Waals surface area contributed by atoms with E-state index in [-0.39, 0.29) is 24.7 Å². The highest BCUT2D eigenvalue weighted by Crippen LogP contribution is 2.32. The van der Waals surface area contributed by atoms with E-state index in [1.807, 2.05) is 42.5 Å². The standard InChI is InChI=1S/C23H30N2O4/c1-5-25(13-17-6-11-20-21(12-17)29-15-28-20)14-22(26)24-23(16(2)3)18-7-9-19(27-4)10-8-18/h6-12,16,23H,5,13-15H2,1-4H3,(H,24,26). The van der Waals surface area contributed by atoms with Crippen LogP contribution in [0.2, 0.25) is 0 Å². The number of nitrogens with one attached hydrogen (secondary N) is 1. The largest absolute Gasteiger partial charge is 0.497 e. The second kappa shape index (κ2) is 9.65. The second-order valence-corrected chi connectivity index (χ2v) is 7.55. The molecule has 1 aliphatic heterocycles. The lowest BCUT2D eigenvalue weighted by Crippen LogP contribution is -2.40. The third kappa shape index (κ3) is 5.41. The molecule has 6 nitrogen and oxygen atoms in total. The number of methoxy groups -OCH3 is 1. The number of hydrogen-bond donors (Lipinski definition) is 1. The Morgan fingerprint density at radius 3 is 2.52 bits per heavy atom. The molecule has 6 heteroatoms. The number of ether oxygens (including phenoxy) is 3. The molecule has 0 fully saturated rings. The van der Waals surface area contributed by atoms with Crippen molar-refractivity contribution in [3.8, 4) is 17.2 Å². The summed E-state index contributed by atoms with van der Waals surface area (Å²) in [6.07, 6.45) is 0. The van der Waals surface area contributed by atoms with Crippen LogP contribution < -0.4 is 19.5 Å². The lowest BCUT2D eigenvalue weighted by atomic mass is 9.96. The van der Waals surface area contributed by atoms with Gasteiger partial charge in [-0.15, -0.1) is 0 Å². The molecule has 2 aromatic rings. The minimum Gasteiger partial charge on any atom is -0.497 e. The second-order valence-electron chi connectivity index (χ2n) is 7.55. The van der Waals surface area contributed by atoms with Crippen molar-refractivity contribution in [2.45, 2.75) is 33.4 Å². The molecule has 1 amide bonds. The van der Waals surface area contributed by atoms with E-state index in [1.165, 1.54) is 0 Å². The van der Waals surface area contributed by atoms with Gasteiger partial charge in [0.2, 0.25) is 12.7 Å². The van der Waals surface area contributed by atoms with E-state index < -0.39 is 0 Å². The molecular weight excluding hydrogens is 368 g/mol. The monoisotopic (exact) mass is 398 g/mol. The van der Waals surface area contributed by atoms with Crippen LogP contribution in [0.15, 0.2) is 42.5 Å². The number of carbonyl (C=O) groups is 1. The zero-order valence-corrected chi connectivity index (χ0v) is 17.6. The number of likely N-dealkylation sites (N-methyl/N-ethyl adjacent to an activating group) is 1. The first-order valence-corrected chi connectivity index (χ1v) is 10.0. The van der Waals surface area contributed by atoms with Gasteiger partial charge in [0.15, 0.2) is 11.5 Å². The number of nitrogens with zero attached hydrogens (tertiary/aromatic N) is 1. The first-order valence-electron chi connectivity index (χ1n) is 10.0. The van der Waals surface area contributed by atoms with Gasteiger partial charge in [-0.05, 0) is 47.9 Å². The Morgan fingerprint density at radius 1 is 1.14 bits per heavy atom. The Labute approximate surface area is 172 Å². The van der Waals surface area contributed by atoms with Gasteiger partial charge in [-0.25, -0.2) is 0 Å². The fourth-order valence-corrected chi connectivity index (χ4v) is 3.45. The van der Waals surface area contributed by atoms with Crippen LogP contribution in [0.4, 0.5) is 0 Å². The van der Waals surface area contributed by atoms with E-state index in [0.29, 0.717) is 13.1 Å². The van der Waals surface area contributed by atoms with Crippen LogP contribution in [0.3, 0.4) is 0 Å². The van der Waals surface area contributed by atoms with Gasteiger partial charge < -0.3 is 19.5 Å². The summed E-state index contributed by atoms with van der Waals surface area (Å²) >= 11 is 0. The van der Waals surface area contributed by atoms with E-state index in [2.05, 4.69) is 31.0 Å². The predicted molar refractivity (Wildman–Crippen MR) is 112 cm³/mol. The summed E-state index contributed by atoms with van der Waals surface area (Å²) in [5.41, 5.74) is 2.17. The molecule has 156 valence electrons. The van der Waals surface area contributed by atoms with Crippen molar-refractivity contribution >= 4 is 5.91 Å². The van der Waals surface area contributed by atoms with E-state index in [9.17, 15) is 4.79 Å². The molecule has 0 bridgehead atoms. The summed E-state index contributed by atoms with van der Waals surface area (Å²) in [5, 5.41) is 3.20. The minimum absolute atomic E-state index is 0.0158. The summed E-state index contributed by atoms with van der Waals surface area (Å²) in [5.74, 6) is 2.64. The highest BCUT2D eigenvalue weighted by atomic mass is 16.7.